The molecule has 4 rings (SSSR count). The molecule has 0 atom stereocenters. The minimum Gasteiger partial charge on any atom is -0.436 e. The van der Waals surface area contributed by atoms with Crippen molar-refractivity contribution in [2.24, 2.45) is 0 Å². The maximum absolute atomic E-state index is 9.62. The van der Waals surface area contributed by atoms with E-state index in [1.165, 1.54) is 0 Å². The molecule has 0 aliphatic carbocycles. The maximum atomic E-state index is 9.62. The quantitative estimate of drug-likeness (QED) is 0.638. The van der Waals surface area contributed by atoms with E-state index in [1.54, 1.807) is 42.7 Å². The van der Waals surface area contributed by atoms with E-state index in [0.29, 0.717) is 38.9 Å². The average molecular weight is 432 g/mol. The molecule has 9 heteroatoms. The van der Waals surface area contributed by atoms with Gasteiger partial charge in [-0.3, -0.25) is 0 Å². The molecule has 0 unspecified atom stereocenters. The normalized spacial score (nSPS) is 14.1. The smallest absolute Gasteiger partial charge is 0.225 e. The van der Waals surface area contributed by atoms with Crippen LogP contribution in [0.2, 0.25) is 10.0 Å². The van der Waals surface area contributed by atoms with Crippen LogP contribution in [0.25, 0.3) is 11.3 Å². The highest BCUT2D eigenvalue weighted by molar-refractivity contribution is 6.35. The molecule has 7 nitrogen and oxygen atoms in total. The monoisotopic (exact) mass is 431 g/mol. The molecule has 29 heavy (non-hydrogen) atoms. The highest BCUT2D eigenvalue weighted by Gasteiger charge is 2.14. The van der Waals surface area contributed by atoms with Gasteiger partial charge in [-0.25, -0.2) is 15.0 Å². The molecule has 1 fully saturated rings. The van der Waals surface area contributed by atoms with Gasteiger partial charge >= 0.3 is 0 Å². The van der Waals surface area contributed by atoms with E-state index >= 15 is 0 Å². The molecule has 0 amide bonds. The molecule has 3 heterocycles. The Morgan fingerprint density at radius 2 is 1.69 bits per heavy atom. The minimum atomic E-state index is -0.154. The van der Waals surface area contributed by atoms with Gasteiger partial charge in [-0.1, -0.05) is 23.2 Å². The molecule has 1 aliphatic heterocycles. The second kappa shape index (κ2) is 8.92. The van der Waals surface area contributed by atoms with Crippen molar-refractivity contribution in [1.82, 2.24) is 20.3 Å². The summed E-state index contributed by atoms with van der Waals surface area (Å²) in [6, 6.07) is 8.59. The summed E-state index contributed by atoms with van der Waals surface area (Å²) in [5, 5.41) is 13.9. The van der Waals surface area contributed by atoms with Crippen LogP contribution in [0.15, 0.2) is 42.7 Å². The lowest BCUT2D eigenvalue weighted by molar-refractivity contribution is 0.281. The predicted octanol–water partition coefficient (Wildman–Crippen LogP) is 3.54. The average Bonchev–Trinajstić information content (AvgIpc) is 2.74. The zero-order chi connectivity index (χ0) is 20.2. The van der Waals surface area contributed by atoms with Gasteiger partial charge in [0.05, 0.1) is 24.7 Å². The predicted molar refractivity (Wildman–Crippen MR) is 113 cm³/mol. The number of rotatable bonds is 5. The van der Waals surface area contributed by atoms with E-state index in [1.807, 2.05) is 0 Å². The second-order valence-corrected chi connectivity index (χ2v) is 7.45. The number of ether oxygens (including phenoxy) is 1. The van der Waals surface area contributed by atoms with Crippen LogP contribution in [-0.2, 0) is 6.61 Å². The van der Waals surface area contributed by atoms with Crippen LogP contribution in [0, 0.1) is 0 Å². The number of pyridine rings is 1. The number of aromatic nitrogens is 3. The molecule has 150 valence electrons. The van der Waals surface area contributed by atoms with Gasteiger partial charge in [0, 0.05) is 47.9 Å². The Hall–Kier alpha value is -2.45. The van der Waals surface area contributed by atoms with Crippen molar-refractivity contribution in [3.63, 3.8) is 0 Å². The van der Waals surface area contributed by atoms with E-state index in [2.05, 4.69) is 25.2 Å². The number of piperazine rings is 1. The van der Waals surface area contributed by atoms with E-state index in [4.69, 9.17) is 27.9 Å². The Balaban J connectivity index is 1.58. The Bertz CT molecular complexity index is 974. The molecule has 0 radical (unpaired) electrons. The first-order valence-corrected chi connectivity index (χ1v) is 9.90. The Kier molecular flexibility index (Phi) is 6.10. The van der Waals surface area contributed by atoms with Gasteiger partial charge in [0.2, 0.25) is 11.8 Å². The third-order valence-electron chi connectivity index (χ3n) is 4.44. The van der Waals surface area contributed by atoms with Gasteiger partial charge in [-0.05, 0) is 29.8 Å². The lowest BCUT2D eigenvalue weighted by Gasteiger charge is -2.27. The summed E-state index contributed by atoms with van der Waals surface area (Å²) in [6.07, 6.45) is 3.24. The molecule has 3 aromatic rings. The molecule has 0 bridgehead atoms. The molecule has 1 aromatic carbocycles. The third kappa shape index (κ3) is 4.94. The summed E-state index contributed by atoms with van der Waals surface area (Å²) in [7, 11) is 0. The molecular formula is C20H19Cl2N5O2. The molecular weight excluding hydrogens is 413 g/mol. The summed E-state index contributed by atoms with van der Waals surface area (Å²) in [6.45, 7) is 3.40. The number of aliphatic hydroxyl groups is 1. The van der Waals surface area contributed by atoms with Crippen LogP contribution in [0.3, 0.4) is 0 Å². The van der Waals surface area contributed by atoms with Gasteiger partial charge in [0.1, 0.15) is 0 Å². The summed E-state index contributed by atoms with van der Waals surface area (Å²) in [5.41, 5.74) is 1.97. The van der Waals surface area contributed by atoms with Crippen molar-refractivity contribution in [3.05, 3.63) is 58.3 Å². The van der Waals surface area contributed by atoms with Crippen LogP contribution in [0.4, 0.5) is 5.95 Å². The minimum absolute atomic E-state index is 0.154. The van der Waals surface area contributed by atoms with E-state index < -0.39 is 0 Å². The zero-order valence-electron chi connectivity index (χ0n) is 15.5. The Morgan fingerprint density at radius 3 is 2.34 bits per heavy atom. The van der Waals surface area contributed by atoms with Gasteiger partial charge in [0.15, 0.2) is 5.75 Å². The van der Waals surface area contributed by atoms with Crippen LogP contribution in [0.5, 0.6) is 11.6 Å². The van der Waals surface area contributed by atoms with E-state index in [0.717, 1.165) is 31.7 Å². The fraction of sp³-hybridized carbons (Fsp3) is 0.250. The highest BCUT2D eigenvalue weighted by atomic mass is 35.5. The third-order valence-corrected chi connectivity index (χ3v) is 4.88. The van der Waals surface area contributed by atoms with Crippen molar-refractivity contribution in [2.75, 3.05) is 31.1 Å². The van der Waals surface area contributed by atoms with Crippen molar-refractivity contribution in [3.8, 4) is 22.9 Å². The summed E-state index contributed by atoms with van der Waals surface area (Å²) in [4.78, 5) is 15.4. The Morgan fingerprint density at radius 1 is 1.00 bits per heavy atom. The summed E-state index contributed by atoms with van der Waals surface area (Å²) < 4.78 is 5.84. The number of halogens is 2. The van der Waals surface area contributed by atoms with E-state index in [-0.39, 0.29) is 6.61 Å². The number of anilines is 1. The number of nitrogens with one attached hydrogen (secondary N) is 1. The number of benzene rings is 1. The van der Waals surface area contributed by atoms with Crippen LogP contribution >= 0.6 is 23.2 Å². The fourth-order valence-corrected chi connectivity index (χ4v) is 3.59. The highest BCUT2D eigenvalue weighted by Crippen LogP contribution is 2.29. The first-order valence-electron chi connectivity index (χ1n) is 9.14. The van der Waals surface area contributed by atoms with Crippen LogP contribution in [0.1, 0.15) is 5.56 Å². The largest absolute Gasteiger partial charge is 0.436 e. The Labute approximate surface area is 178 Å². The van der Waals surface area contributed by atoms with Crippen molar-refractivity contribution in [2.45, 2.75) is 6.61 Å². The molecule has 1 aliphatic rings. The van der Waals surface area contributed by atoms with Crippen molar-refractivity contribution >= 4 is 29.2 Å². The maximum Gasteiger partial charge on any atom is 0.225 e. The molecule has 2 aromatic heterocycles. The van der Waals surface area contributed by atoms with Crippen molar-refractivity contribution in [1.29, 1.82) is 0 Å². The molecule has 0 spiro atoms. The standard InChI is InChI=1S/C20H19Cl2N5O2/c21-15-7-14(8-16(22)9-15)18-5-13(12-28)6-19(26-18)29-17-10-24-20(25-11-17)27-3-1-23-2-4-27/h5-11,23,28H,1-4,12H2. The number of hydrogen-bond acceptors (Lipinski definition) is 7. The van der Waals surface area contributed by atoms with Crippen LogP contribution in [-0.4, -0.2) is 46.2 Å². The number of hydrogen-bond donors (Lipinski definition) is 2. The number of nitrogens with zero attached hydrogens (tertiary/aromatic N) is 4. The molecule has 2 N–H and O–H groups in total. The SMILES string of the molecule is OCc1cc(Oc2cnc(N3CCNCC3)nc2)nc(-c2cc(Cl)cc(Cl)c2)c1. The van der Waals surface area contributed by atoms with Gasteiger partial charge in [-0.2, -0.15) is 0 Å². The lowest BCUT2D eigenvalue weighted by atomic mass is 10.1. The summed E-state index contributed by atoms with van der Waals surface area (Å²) >= 11 is 12.2. The summed E-state index contributed by atoms with van der Waals surface area (Å²) in [5.74, 6) is 1.45. The molecule has 1 saturated heterocycles. The second-order valence-electron chi connectivity index (χ2n) is 6.57. The fourth-order valence-electron chi connectivity index (χ4n) is 3.06. The lowest BCUT2D eigenvalue weighted by Crippen LogP contribution is -2.44. The zero-order valence-corrected chi connectivity index (χ0v) is 17.0. The number of aliphatic hydroxyl groups excluding tert-OH is 1. The first kappa shape index (κ1) is 19.8. The van der Waals surface area contributed by atoms with E-state index in [9.17, 15) is 5.11 Å². The topological polar surface area (TPSA) is 83.4 Å². The molecule has 0 saturated carbocycles. The van der Waals surface area contributed by atoms with Gasteiger partial charge < -0.3 is 20.1 Å². The van der Waals surface area contributed by atoms with Gasteiger partial charge in [0.25, 0.3) is 0 Å². The van der Waals surface area contributed by atoms with Crippen LogP contribution < -0.4 is 15.0 Å². The first-order chi connectivity index (χ1) is 14.1. The van der Waals surface area contributed by atoms with Crippen molar-refractivity contribution < 1.29 is 9.84 Å². The van der Waals surface area contributed by atoms with Gasteiger partial charge in [-0.15, -0.1) is 0 Å².